The molecule has 7 nitrogen and oxygen atoms in total. The summed E-state index contributed by atoms with van der Waals surface area (Å²) in [4.78, 5) is 20.0. The van der Waals surface area contributed by atoms with Crippen molar-refractivity contribution in [3.05, 3.63) is 60.3 Å². The molecular weight excluding hydrogens is 344 g/mol. The second kappa shape index (κ2) is 7.33. The Morgan fingerprint density at radius 1 is 0.926 bits per heavy atom. The van der Waals surface area contributed by atoms with Gasteiger partial charge in [-0.15, -0.1) is 0 Å². The van der Waals surface area contributed by atoms with E-state index >= 15 is 0 Å². The fourth-order valence-corrected chi connectivity index (χ4v) is 2.67. The zero-order valence-corrected chi connectivity index (χ0v) is 14.7. The van der Waals surface area contributed by atoms with E-state index in [1.807, 2.05) is 30.3 Å². The summed E-state index contributed by atoms with van der Waals surface area (Å²) in [6.45, 7) is 2.65. The number of hydrogen-bond donors (Lipinski definition) is 2. The third kappa shape index (κ3) is 3.98. The van der Waals surface area contributed by atoms with E-state index in [0.29, 0.717) is 36.3 Å². The molecule has 0 atom stereocenters. The molecule has 0 saturated carbocycles. The molecule has 136 valence electrons. The minimum absolute atomic E-state index is 0.0310. The van der Waals surface area contributed by atoms with Crippen LogP contribution >= 0.6 is 0 Å². The summed E-state index contributed by atoms with van der Waals surface area (Å²) in [5, 5.41) is 6.36. The standard InChI is InChI=1S/C20H18N4O3/c1-13(25)14-2-4-15(5-3-14)23-20-21-9-8-19(24-20)22-16-6-7-17-18(12-16)27-11-10-26-17/h2-9,12H,10-11H2,1H3,(H2,21,22,23,24). The number of carbonyl (C=O) groups is 1. The molecule has 2 aromatic carbocycles. The van der Waals surface area contributed by atoms with Crippen molar-refractivity contribution in [3.8, 4) is 11.5 Å². The third-order valence-electron chi connectivity index (χ3n) is 4.02. The molecule has 0 radical (unpaired) electrons. The molecule has 0 aliphatic carbocycles. The first-order valence-electron chi connectivity index (χ1n) is 8.55. The van der Waals surface area contributed by atoms with Crippen molar-refractivity contribution >= 4 is 28.9 Å². The predicted octanol–water partition coefficient (Wildman–Crippen LogP) is 3.94. The lowest BCUT2D eigenvalue weighted by Crippen LogP contribution is -2.15. The van der Waals surface area contributed by atoms with Gasteiger partial charge in [-0.2, -0.15) is 4.98 Å². The second-order valence-electron chi connectivity index (χ2n) is 6.01. The number of hydrogen-bond acceptors (Lipinski definition) is 7. The number of aromatic nitrogens is 2. The summed E-state index contributed by atoms with van der Waals surface area (Å²) in [5.41, 5.74) is 2.31. The van der Waals surface area contributed by atoms with Gasteiger partial charge >= 0.3 is 0 Å². The Balaban J connectivity index is 1.48. The van der Waals surface area contributed by atoms with Crippen LogP contribution < -0.4 is 20.1 Å². The van der Waals surface area contributed by atoms with Crippen molar-refractivity contribution in [1.82, 2.24) is 9.97 Å². The first kappa shape index (κ1) is 16.8. The normalized spacial score (nSPS) is 12.3. The molecule has 3 aromatic rings. The summed E-state index contributed by atoms with van der Waals surface area (Å²) in [6, 6.07) is 14.6. The summed E-state index contributed by atoms with van der Waals surface area (Å²) in [5.74, 6) is 2.58. The highest BCUT2D eigenvalue weighted by atomic mass is 16.6. The van der Waals surface area contributed by atoms with Crippen molar-refractivity contribution in [2.24, 2.45) is 0 Å². The molecule has 2 N–H and O–H groups in total. The van der Waals surface area contributed by atoms with Crippen molar-refractivity contribution in [1.29, 1.82) is 0 Å². The summed E-state index contributed by atoms with van der Waals surface area (Å²) < 4.78 is 11.1. The summed E-state index contributed by atoms with van der Waals surface area (Å²) in [6.07, 6.45) is 1.67. The lowest BCUT2D eigenvalue weighted by molar-refractivity contribution is 0.101. The Kier molecular flexibility index (Phi) is 4.57. The number of anilines is 4. The van der Waals surface area contributed by atoms with Gasteiger partial charge in [0.2, 0.25) is 5.95 Å². The first-order valence-corrected chi connectivity index (χ1v) is 8.55. The monoisotopic (exact) mass is 362 g/mol. The molecule has 0 amide bonds. The first-order chi connectivity index (χ1) is 13.2. The zero-order valence-electron chi connectivity index (χ0n) is 14.7. The van der Waals surface area contributed by atoms with Crippen molar-refractivity contribution < 1.29 is 14.3 Å². The maximum atomic E-state index is 11.4. The van der Waals surface area contributed by atoms with E-state index in [2.05, 4.69) is 20.6 Å². The van der Waals surface area contributed by atoms with Gasteiger partial charge in [-0.3, -0.25) is 4.79 Å². The average Bonchev–Trinajstić information content (AvgIpc) is 2.69. The van der Waals surface area contributed by atoms with Crippen molar-refractivity contribution in [2.75, 3.05) is 23.8 Å². The van der Waals surface area contributed by atoms with E-state index in [9.17, 15) is 4.79 Å². The molecule has 1 aliphatic heterocycles. The molecule has 7 heteroatoms. The van der Waals surface area contributed by atoms with Crippen LogP contribution in [0, 0.1) is 0 Å². The smallest absolute Gasteiger partial charge is 0.229 e. The van der Waals surface area contributed by atoms with Crippen LogP contribution in [0.4, 0.5) is 23.1 Å². The van der Waals surface area contributed by atoms with Gasteiger partial charge in [-0.1, -0.05) is 0 Å². The van der Waals surface area contributed by atoms with E-state index < -0.39 is 0 Å². The Labute approximate surface area is 156 Å². The van der Waals surface area contributed by atoms with Crippen LogP contribution in [0.25, 0.3) is 0 Å². The van der Waals surface area contributed by atoms with Crippen LogP contribution in [0.15, 0.2) is 54.7 Å². The van der Waals surface area contributed by atoms with Gasteiger partial charge in [0, 0.05) is 29.2 Å². The lowest BCUT2D eigenvalue weighted by atomic mass is 10.1. The third-order valence-corrected chi connectivity index (χ3v) is 4.02. The molecular formula is C20H18N4O3. The quantitative estimate of drug-likeness (QED) is 0.665. The highest BCUT2D eigenvalue weighted by molar-refractivity contribution is 5.94. The average molecular weight is 362 g/mol. The number of Topliss-reactive ketones (excluding diaryl/α,β-unsaturated/α-hetero) is 1. The number of benzene rings is 2. The molecule has 27 heavy (non-hydrogen) atoms. The largest absolute Gasteiger partial charge is 0.486 e. The van der Waals surface area contributed by atoms with Crippen molar-refractivity contribution in [2.45, 2.75) is 6.92 Å². The number of ether oxygens (including phenoxy) is 2. The highest BCUT2D eigenvalue weighted by Crippen LogP contribution is 2.33. The molecule has 0 fully saturated rings. The van der Waals surface area contributed by atoms with Crippen LogP contribution in [0.3, 0.4) is 0 Å². The van der Waals surface area contributed by atoms with Gasteiger partial charge < -0.3 is 20.1 Å². The zero-order chi connectivity index (χ0) is 18.6. The topological polar surface area (TPSA) is 85.4 Å². The molecule has 1 aromatic heterocycles. The SMILES string of the molecule is CC(=O)c1ccc(Nc2nccc(Nc3ccc4c(c3)OCCO4)n2)cc1. The summed E-state index contributed by atoms with van der Waals surface area (Å²) in [7, 11) is 0. The Morgan fingerprint density at radius 2 is 1.67 bits per heavy atom. The van der Waals surface area contributed by atoms with Crippen LogP contribution in [-0.2, 0) is 0 Å². The molecule has 2 heterocycles. The number of ketones is 1. The van der Waals surface area contributed by atoms with Gasteiger partial charge in [0.05, 0.1) is 0 Å². The van der Waals surface area contributed by atoms with Crippen LogP contribution in [0.2, 0.25) is 0 Å². The Morgan fingerprint density at radius 3 is 2.44 bits per heavy atom. The maximum Gasteiger partial charge on any atom is 0.229 e. The fourth-order valence-electron chi connectivity index (χ4n) is 2.67. The van der Waals surface area contributed by atoms with Crippen LogP contribution in [0.1, 0.15) is 17.3 Å². The highest BCUT2D eigenvalue weighted by Gasteiger charge is 2.12. The van der Waals surface area contributed by atoms with E-state index in [-0.39, 0.29) is 5.78 Å². The maximum absolute atomic E-state index is 11.4. The second-order valence-corrected chi connectivity index (χ2v) is 6.01. The van der Waals surface area contributed by atoms with E-state index in [0.717, 1.165) is 17.1 Å². The number of nitrogens with zero attached hydrogens (tertiary/aromatic N) is 2. The van der Waals surface area contributed by atoms with E-state index in [4.69, 9.17) is 9.47 Å². The molecule has 4 rings (SSSR count). The van der Waals surface area contributed by atoms with Crippen molar-refractivity contribution in [3.63, 3.8) is 0 Å². The lowest BCUT2D eigenvalue weighted by Gasteiger charge is -2.19. The van der Waals surface area contributed by atoms with Gasteiger partial charge in [-0.25, -0.2) is 4.98 Å². The predicted molar refractivity (Wildman–Crippen MR) is 102 cm³/mol. The molecule has 0 unspecified atom stereocenters. The fraction of sp³-hybridized carbons (Fsp3) is 0.150. The number of nitrogens with one attached hydrogen (secondary N) is 2. The molecule has 1 aliphatic rings. The van der Waals surface area contributed by atoms with Crippen LogP contribution in [0.5, 0.6) is 11.5 Å². The van der Waals surface area contributed by atoms with Gasteiger partial charge in [0.25, 0.3) is 0 Å². The number of carbonyl (C=O) groups excluding carboxylic acids is 1. The number of fused-ring (bicyclic) bond motifs is 1. The van der Waals surface area contributed by atoms with Gasteiger partial charge in [0.15, 0.2) is 17.3 Å². The van der Waals surface area contributed by atoms with E-state index in [1.165, 1.54) is 0 Å². The minimum atomic E-state index is 0.0310. The Hall–Kier alpha value is -3.61. The summed E-state index contributed by atoms with van der Waals surface area (Å²) >= 11 is 0. The number of rotatable bonds is 5. The Bertz CT molecular complexity index is 973. The molecule has 0 saturated heterocycles. The van der Waals surface area contributed by atoms with Gasteiger partial charge in [0.1, 0.15) is 19.0 Å². The van der Waals surface area contributed by atoms with E-state index in [1.54, 1.807) is 31.3 Å². The van der Waals surface area contributed by atoms with Gasteiger partial charge in [-0.05, 0) is 49.4 Å². The van der Waals surface area contributed by atoms with Crippen LogP contribution in [-0.4, -0.2) is 29.0 Å². The minimum Gasteiger partial charge on any atom is -0.486 e. The molecule has 0 bridgehead atoms. The molecule has 0 spiro atoms.